The number of anilines is 3. The Hall–Kier alpha value is -7.94. The number of benzene rings is 10. The maximum Gasteiger partial charge on any atom is 0.135 e. The first-order valence-corrected chi connectivity index (χ1v) is 24.0. The third-order valence-electron chi connectivity index (χ3n) is 14.9. The van der Waals surface area contributed by atoms with Crippen LogP contribution in [0.2, 0.25) is 0 Å². The zero-order valence-corrected chi connectivity index (χ0v) is 37.4. The molecule has 0 radical (unpaired) electrons. The second-order valence-electron chi connectivity index (χ2n) is 18.6. The van der Waals surface area contributed by atoms with Gasteiger partial charge in [0.2, 0.25) is 0 Å². The fourth-order valence-electron chi connectivity index (χ4n) is 12.0. The molecule has 13 rings (SSSR count). The molecule has 0 amide bonds. The topological polar surface area (TPSA) is 16.4 Å². The lowest BCUT2D eigenvalue weighted by Crippen LogP contribution is -2.29. The van der Waals surface area contributed by atoms with E-state index in [9.17, 15) is 0 Å². The Labute approximate surface area is 392 Å². The van der Waals surface area contributed by atoms with Crippen molar-refractivity contribution in [3.05, 3.63) is 258 Å². The third-order valence-corrected chi connectivity index (χ3v) is 14.9. The minimum atomic E-state index is -0.530. The van der Waals surface area contributed by atoms with Crippen molar-refractivity contribution in [3.63, 3.8) is 0 Å². The first-order chi connectivity index (χ1) is 33.2. The van der Waals surface area contributed by atoms with Gasteiger partial charge in [0.25, 0.3) is 0 Å². The molecule has 2 aliphatic carbocycles. The van der Waals surface area contributed by atoms with Gasteiger partial charge >= 0.3 is 0 Å². The van der Waals surface area contributed by atoms with Gasteiger partial charge in [-0.1, -0.05) is 201 Å². The predicted octanol–water partition coefficient (Wildman–Crippen LogP) is 18.0. The molecule has 2 heteroatoms. The van der Waals surface area contributed by atoms with E-state index in [2.05, 4.69) is 229 Å². The van der Waals surface area contributed by atoms with Gasteiger partial charge in [-0.15, -0.1) is 0 Å². The average Bonchev–Trinajstić information content (AvgIpc) is 3.93. The number of furan rings is 1. The van der Waals surface area contributed by atoms with E-state index in [0.717, 1.165) is 39.0 Å². The van der Waals surface area contributed by atoms with E-state index >= 15 is 0 Å². The van der Waals surface area contributed by atoms with Gasteiger partial charge in [0, 0.05) is 27.8 Å². The number of fused-ring (bicyclic) bond motifs is 7. The van der Waals surface area contributed by atoms with E-state index in [1.165, 1.54) is 104 Å². The minimum absolute atomic E-state index is 0.530. The molecule has 0 saturated heterocycles. The van der Waals surface area contributed by atoms with Crippen LogP contribution in [0.4, 0.5) is 17.1 Å². The summed E-state index contributed by atoms with van der Waals surface area (Å²) in [4.78, 5) is 2.45. The van der Waals surface area contributed by atoms with Gasteiger partial charge in [-0.2, -0.15) is 0 Å². The van der Waals surface area contributed by atoms with Crippen LogP contribution in [0.15, 0.2) is 235 Å². The van der Waals surface area contributed by atoms with E-state index < -0.39 is 5.41 Å². The second-order valence-corrected chi connectivity index (χ2v) is 18.6. The normalized spacial score (nSPS) is 14.3. The molecule has 1 fully saturated rings. The highest BCUT2D eigenvalue weighted by Crippen LogP contribution is 2.59. The van der Waals surface area contributed by atoms with Gasteiger partial charge in [-0.3, -0.25) is 0 Å². The Kier molecular flexibility index (Phi) is 9.53. The Balaban J connectivity index is 1.04. The highest BCUT2D eigenvalue weighted by atomic mass is 16.3. The molecule has 0 N–H and O–H groups in total. The summed E-state index contributed by atoms with van der Waals surface area (Å²) in [5, 5.41) is 4.71. The van der Waals surface area contributed by atoms with E-state index in [4.69, 9.17) is 4.42 Å². The SMILES string of the molecule is c1ccc(-c2c(-c3ccc(N(c4ccc5c(c4)C(c4ccccc4)(c4ccccc4)c4cccc(C6CCCCC6)c4-5)c4ccc5oc6ccccc6c5c4)cc3)ccc3ccccc23)cc1. The predicted molar refractivity (Wildman–Crippen MR) is 280 cm³/mol. The molecular formula is C65H49NO. The third kappa shape index (κ3) is 6.38. The van der Waals surface area contributed by atoms with Crippen LogP contribution in [0, 0.1) is 0 Å². The van der Waals surface area contributed by atoms with Crippen LogP contribution in [0.5, 0.6) is 0 Å². The van der Waals surface area contributed by atoms with Gasteiger partial charge in [0.1, 0.15) is 11.2 Å². The van der Waals surface area contributed by atoms with E-state index in [0.29, 0.717) is 5.92 Å². The van der Waals surface area contributed by atoms with Crippen LogP contribution in [-0.2, 0) is 5.41 Å². The Morgan fingerprint density at radius 2 is 1.00 bits per heavy atom. The van der Waals surface area contributed by atoms with Crippen molar-refractivity contribution in [1.82, 2.24) is 0 Å². The summed E-state index contributed by atoms with van der Waals surface area (Å²) in [7, 11) is 0. The largest absolute Gasteiger partial charge is 0.456 e. The molecule has 0 bridgehead atoms. The van der Waals surface area contributed by atoms with Crippen molar-refractivity contribution < 1.29 is 4.42 Å². The summed E-state index contributed by atoms with van der Waals surface area (Å²) in [6.07, 6.45) is 6.41. The van der Waals surface area contributed by atoms with E-state index in [1.54, 1.807) is 0 Å². The van der Waals surface area contributed by atoms with Crippen molar-refractivity contribution in [2.45, 2.75) is 43.4 Å². The van der Waals surface area contributed by atoms with Crippen molar-refractivity contribution in [2.75, 3.05) is 4.90 Å². The average molecular weight is 860 g/mol. The molecule has 1 aromatic heterocycles. The second kappa shape index (κ2) is 16.2. The molecule has 2 nitrogen and oxygen atoms in total. The maximum absolute atomic E-state index is 6.41. The van der Waals surface area contributed by atoms with Gasteiger partial charge in [-0.25, -0.2) is 0 Å². The molecule has 2 aliphatic rings. The molecule has 320 valence electrons. The minimum Gasteiger partial charge on any atom is -0.456 e. The van der Waals surface area contributed by atoms with Crippen LogP contribution >= 0.6 is 0 Å². The first kappa shape index (κ1) is 39.4. The van der Waals surface area contributed by atoms with Crippen LogP contribution in [-0.4, -0.2) is 0 Å². The quantitative estimate of drug-likeness (QED) is 0.151. The van der Waals surface area contributed by atoms with Crippen molar-refractivity contribution in [2.24, 2.45) is 0 Å². The first-order valence-electron chi connectivity index (χ1n) is 24.0. The molecule has 1 saturated carbocycles. The highest BCUT2D eigenvalue weighted by molar-refractivity contribution is 6.07. The molecule has 0 spiro atoms. The van der Waals surface area contributed by atoms with Crippen molar-refractivity contribution in [1.29, 1.82) is 0 Å². The number of para-hydroxylation sites is 1. The number of nitrogens with zero attached hydrogens (tertiary/aromatic N) is 1. The van der Waals surface area contributed by atoms with Crippen LogP contribution in [0.1, 0.15) is 65.8 Å². The molecule has 10 aromatic carbocycles. The Morgan fingerprint density at radius 3 is 1.76 bits per heavy atom. The van der Waals surface area contributed by atoms with Gasteiger partial charge < -0.3 is 9.32 Å². The number of hydrogen-bond donors (Lipinski definition) is 0. The molecule has 1 heterocycles. The van der Waals surface area contributed by atoms with Crippen molar-refractivity contribution in [3.8, 4) is 33.4 Å². The molecule has 0 unspecified atom stereocenters. The number of rotatable bonds is 8. The monoisotopic (exact) mass is 859 g/mol. The van der Waals surface area contributed by atoms with Gasteiger partial charge in [0.05, 0.1) is 5.41 Å². The highest BCUT2D eigenvalue weighted by Gasteiger charge is 2.47. The Morgan fingerprint density at radius 1 is 0.388 bits per heavy atom. The molecule has 67 heavy (non-hydrogen) atoms. The molecular weight excluding hydrogens is 811 g/mol. The van der Waals surface area contributed by atoms with E-state index in [-0.39, 0.29) is 0 Å². The standard InChI is InChI=1S/C65H49NO/c1-5-18-44(19-6-1)54-29-17-30-59-64(54)57-40-37-52(43-60(57)65(59,48-23-9-3-10-24-48)49-25-11-4-12-26-49)66(51-38-41-62-58(42-51)56-28-15-16-31-61(56)67-62)50-35-32-46(33-36-50)55-39-34-45-20-13-14-27-53(45)63(55)47-21-7-2-8-22-47/h2-4,7-17,20-44H,1,5-6,18-19H2. The maximum atomic E-state index is 6.41. The fraction of sp³-hybridized carbons (Fsp3) is 0.108. The number of hydrogen-bond acceptors (Lipinski definition) is 2. The fourth-order valence-corrected chi connectivity index (χ4v) is 12.0. The smallest absolute Gasteiger partial charge is 0.135 e. The lowest BCUT2D eigenvalue weighted by atomic mass is 9.67. The summed E-state index contributed by atoms with van der Waals surface area (Å²) in [5.74, 6) is 0.551. The molecule has 0 aliphatic heterocycles. The van der Waals surface area contributed by atoms with E-state index in [1.807, 2.05) is 6.07 Å². The summed E-state index contributed by atoms with van der Waals surface area (Å²) in [6, 6.07) is 85.5. The van der Waals surface area contributed by atoms with Crippen LogP contribution < -0.4 is 4.90 Å². The molecule has 0 atom stereocenters. The lowest BCUT2D eigenvalue weighted by Gasteiger charge is -2.35. The van der Waals surface area contributed by atoms with Crippen molar-refractivity contribution >= 4 is 49.8 Å². The lowest BCUT2D eigenvalue weighted by molar-refractivity contribution is 0.444. The zero-order valence-electron chi connectivity index (χ0n) is 37.4. The zero-order chi connectivity index (χ0) is 44.3. The van der Waals surface area contributed by atoms with Gasteiger partial charge in [-0.05, 0) is 139 Å². The summed E-state index contributed by atoms with van der Waals surface area (Å²) in [5.41, 5.74) is 18.9. The van der Waals surface area contributed by atoms with Gasteiger partial charge in [0.15, 0.2) is 0 Å². The molecule has 11 aromatic rings. The Bertz CT molecular complexity index is 3560. The summed E-state index contributed by atoms with van der Waals surface area (Å²) < 4.78 is 6.41. The summed E-state index contributed by atoms with van der Waals surface area (Å²) in [6.45, 7) is 0. The summed E-state index contributed by atoms with van der Waals surface area (Å²) >= 11 is 0. The van der Waals surface area contributed by atoms with Crippen LogP contribution in [0.3, 0.4) is 0 Å². The van der Waals surface area contributed by atoms with Crippen LogP contribution in [0.25, 0.3) is 66.1 Å².